The molecule has 5 aliphatic rings. The number of fused-ring (bicyclic) bond motifs is 2. The van der Waals surface area contributed by atoms with Gasteiger partial charge in [-0.05, 0) is 44.4 Å². The van der Waals surface area contributed by atoms with E-state index in [1.165, 1.54) is 5.57 Å². The van der Waals surface area contributed by atoms with Crippen molar-refractivity contribution < 1.29 is 9.59 Å². The van der Waals surface area contributed by atoms with Crippen LogP contribution in [0.4, 0.5) is 0 Å². The van der Waals surface area contributed by atoms with Gasteiger partial charge in [0.25, 0.3) is 11.8 Å². The smallest absolute Gasteiger partial charge is 0.272 e. The van der Waals surface area contributed by atoms with Crippen molar-refractivity contribution in [3.63, 3.8) is 0 Å². The fourth-order valence-corrected chi connectivity index (χ4v) is 4.56. The van der Waals surface area contributed by atoms with Crippen molar-refractivity contribution in [3.8, 4) is 0 Å². The highest BCUT2D eigenvalue weighted by atomic mass is 16.2. The molecule has 2 amide bonds. The fourth-order valence-electron chi connectivity index (χ4n) is 4.56. The highest BCUT2D eigenvalue weighted by molar-refractivity contribution is 6.44. The Labute approximate surface area is 170 Å². The molecule has 0 N–H and O–H groups in total. The Morgan fingerprint density at radius 1 is 1.17 bits per heavy atom. The molecule has 2 atom stereocenters. The quantitative estimate of drug-likeness (QED) is 0.739. The van der Waals surface area contributed by atoms with E-state index in [1.807, 2.05) is 26.1 Å². The summed E-state index contributed by atoms with van der Waals surface area (Å²) in [6.45, 7) is 5.15. The van der Waals surface area contributed by atoms with Gasteiger partial charge in [-0.15, -0.1) is 5.10 Å². The lowest BCUT2D eigenvalue weighted by Crippen LogP contribution is -2.49. The van der Waals surface area contributed by atoms with Gasteiger partial charge < -0.3 is 9.80 Å². The molecule has 1 saturated heterocycles. The molecule has 0 radical (unpaired) electrons. The van der Waals surface area contributed by atoms with Gasteiger partial charge in [-0.3, -0.25) is 9.59 Å². The van der Waals surface area contributed by atoms with Gasteiger partial charge in [0.2, 0.25) is 0 Å². The summed E-state index contributed by atoms with van der Waals surface area (Å²) in [6.07, 6.45) is 8.90. The molecule has 5 rings (SSSR count). The van der Waals surface area contributed by atoms with Crippen LogP contribution in [0.15, 0.2) is 50.3 Å². The lowest BCUT2D eigenvalue weighted by atomic mass is 9.89. The Morgan fingerprint density at radius 3 is 2.72 bits per heavy atom. The van der Waals surface area contributed by atoms with E-state index >= 15 is 0 Å². The summed E-state index contributed by atoms with van der Waals surface area (Å²) in [5, 5.41) is 8.45. The molecule has 2 fully saturated rings. The Morgan fingerprint density at radius 2 is 1.97 bits per heavy atom. The zero-order valence-electron chi connectivity index (χ0n) is 17.1. The zero-order chi connectivity index (χ0) is 20.3. The normalized spacial score (nSPS) is 27.8. The van der Waals surface area contributed by atoms with Crippen molar-refractivity contribution >= 4 is 28.9 Å². The fraction of sp³-hybridized carbons (Fsp3) is 0.500. The second-order valence-electron chi connectivity index (χ2n) is 8.62. The van der Waals surface area contributed by atoms with Crippen LogP contribution in [-0.4, -0.2) is 64.9 Å². The highest BCUT2D eigenvalue weighted by Crippen LogP contribution is 2.32. The van der Waals surface area contributed by atoms with E-state index in [9.17, 15) is 9.59 Å². The minimum absolute atomic E-state index is 0.0572. The molecule has 0 bridgehead atoms. The topological polar surface area (TPSA) is 77.7 Å². The summed E-state index contributed by atoms with van der Waals surface area (Å²) in [7, 11) is 1.83. The third kappa shape index (κ3) is 3.09. The van der Waals surface area contributed by atoms with E-state index in [1.54, 1.807) is 9.80 Å². The molecule has 2 aliphatic carbocycles. The van der Waals surface area contributed by atoms with Crippen LogP contribution in [0.3, 0.4) is 0 Å². The van der Waals surface area contributed by atoms with Crippen molar-refractivity contribution in [1.29, 1.82) is 0 Å². The first-order chi connectivity index (χ1) is 13.9. The van der Waals surface area contributed by atoms with Gasteiger partial charge >= 0.3 is 0 Å². The summed E-state index contributed by atoms with van der Waals surface area (Å²) in [4.78, 5) is 34.2. The maximum Gasteiger partial charge on any atom is 0.272 e. The minimum atomic E-state index is -0.192. The van der Waals surface area contributed by atoms with Crippen LogP contribution >= 0.6 is 0 Å². The minimum Gasteiger partial charge on any atom is -0.338 e. The average Bonchev–Trinajstić information content (AvgIpc) is 3.32. The van der Waals surface area contributed by atoms with Gasteiger partial charge in [-0.2, -0.15) is 5.10 Å². The molecule has 0 spiro atoms. The summed E-state index contributed by atoms with van der Waals surface area (Å²) < 4.78 is 0. The third-order valence-electron chi connectivity index (χ3n) is 6.41. The first-order valence-corrected chi connectivity index (χ1v) is 10.3. The largest absolute Gasteiger partial charge is 0.338 e. The lowest BCUT2D eigenvalue weighted by molar-refractivity contribution is -0.128. The Balaban J connectivity index is 1.32. The summed E-state index contributed by atoms with van der Waals surface area (Å²) in [6, 6.07) is 0.325. The van der Waals surface area contributed by atoms with E-state index in [2.05, 4.69) is 28.2 Å². The molecule has 29 heavy (non-hydrogen) atoms. The molecule has 2 unspecified atom stereocenters. The Hall–Kier alpha value is -2.83. The van der Waals surface area contributed by atoms with E-state index in [0.717, 1.165) is 29.8 Å². The standard InChI is InChI=1S/C22H25N5O2/c1-12-8-13(2)15-10-19(23-18(15)9-12)21(28)27-7-6-17-16(11-27)20(25-24-17)22(29)26(3)14-4-5-14/h8-10,14-16H,4-7,11H2,1-3H3. The SMILES string of the molecule is CC1=CC2=NC(C(=O)N3CCC4=NN=C(C(=O)N(C)C5CC5)C4C3)=CC2C(C)=C1. The van der Waals surface area contributed by atoms with Crippen molar-refractivity contribution in [2.24, 2.45) is 27.0 Å². The lowest BCUT2D eigenvalue weighted by Gasteiger charge is -2.32. The number of nitrogens with zero attached hydrogens (tertiary/aromatic N) is 5. The van der Waals surface area contributed by atoms with E-state index in [-0.39, 0.29) is 23.7 Å². The molecule has 0 aromatic carbocycles. The van der Waals surface area contributed by atoms with E-state index in [0.29, 0.717) is 37.0 Å². The van der Waals surface area contributed by atoms with Gasteiger partial charge in [-0.25, -0.2) is 4.99 Å². The molecular weight excluding hydrogens is 366 g/mol. The maximum absolute atomic E-state index is 13.2. The summed E-state index contributed by atoms with van der Waals surface area (Å²) >= 11 is 0. The number of piperidine rings is 1. The number of carbonyl (C=O) groups is 2. The molecular formula is C22H25N5O2. The molecule has 3 aliphatic heterocycles. The maximum atomic E-state index is 13.2. The number of amides is 2. The number of hydrogen-bond donors (Lipinski definition) is 0. The van der Waals surface area contributed by atoms with E-state index < -0.39 is 0 Å². The van der Waals surface area contributed by atoms with Crippen molar-refractivity contribution in [2.75, 3.05) is 20.1 Å². The molecule has 7 nitrogen and oxygen atoms in total. The van der Waals surface area contributed by atoms with E-state index in [4.69, 9.17) is 0 Å². The monoisotopic (exact) mass is 391 g/mol. The van der Waals surface area contributed by atoms with Gasteiger partial charge in [-0.1, -0.05) is 11.6 Å². The number of likely N-dealkylation sites (tertiary alicyclic amines) is 1. The van der Waals surface area contributed by atoms with Gasteiger partial charge in [0.15, 0.2) is 0 Å². The van der Waals surface area contributed by atoms with Gasteiger partial charge in [0, 0.05) is 38.5 Å². The number of hydrogen-bond acceptors (Lipinski definition) is 5. The Bertz CT molecular complexity index is 993. The molecule has 0 aromatic rings. The molecule has 7 heteroatoms. The summed E-state index contributed by atoms with van der Waals surface area (Å²) in [5.41, 5.74) is 5.20. The highest BCUT2D eigenvalue weighted by Gasteiger charge is 2.42. The van der Waals surface area contributed by atoms with Crippen LogP contribution in [0.1, 0.15) is 33.1 Å². The average molecular weight is 391 g/mol. The van der Waals surface area contributed by atoms with Crippen LogP contribution in [-0.2, 0) is 9.59 Å². The predicted molar refractivity (Wildman–Crippen MR) is 112 cm³/mol. The van der Waals surface area contributed by atoms with Crippen LogP contribution < -0.4 is 0 Å². The molecule has 150 valence electrons. The third-order valence-corrected chi connectivity index (χ3v) is 6.41. The molecule has 3 heterocycles. The Kier molecular flexibility index (Phi) is 4.15. The summed E-state index contributed by atoms with van der Waals surface area (Å²) in [5.74, 6) is -0.226. The number of rotatable bonds is 3. The first kappa shape index (κ1) is 18.2. The van der Waals surface area contributed by atoms with Crippen LogP contribution in [0, 0.1) is 11.8 Å². The van der Waals surface area contributed by atoms with Gasteiger partial charge in [0.05, 0.1) is 17.3 Å². The van der Waals surface area contributed by atoms with Crippen LogP contribution in [0.5, 0.6) is 0 Å². The second kappa shape index (κ2) is 6.61. The van der Waals surface area contributed by atoms with Crippen molar-refractivity contribution in [1.82, 2.24) is 9.80 Å². The van der Waals surface area contributed by atoms with Gasteiger partial charge in [0.1, 0.15) is 11.4 Å². The predicted octanol–water partition coefficient (Wildman–Crippen LogP) is 2.13. The number of aliphatic imine (C=N–C) groups is 1. The number of carbonyl (C=O) groups excluding carboxylic acids is 2. The first-order valence-electron chi connectivity index (χ1n) is 10.3. The van der Waals surface area contributed by atoms with Crippen molar-refractivity contribution in [3.05, 3.63) is 35.1 Å². The second-order valence-corrected chi connectivity index (χ2v) is 8.62. The molecule has 1 saturated carbocycles. The van der Waals surface area contributed by atoms with Crippen molar-refractivity contribution in [2.45, 2.75) is 39.2 Å². The van der Waals surface area contributed by atoms with Crippen LogP contribution in [0.25, 0.3) is 0 Å². The molecule has 0 aromatic heterocycles. The van der Waals surface area contributed by atoms with Crippen LogP contribution in [0.2, 0.25) is 0 Å². The number of allylic oxidation sites excluding steroid dienone is 5. The zero-order valence-corrected chi connectivity index (χ0v) is 17.1.